The smallest absolute Gasteiger partial charge is 0.231 e. The van der Waals surface area contributed by atoms with Crippen LogP contribution in [0.5, 0.6) is 5.75 Å². The Labute approximate surface area is 210 Å². The van der Waals surface area contributed by atoms with Crippen molar-refractivity contribution in [1.82, 2.24) is 15.3 Å². The molecule has 1 atom stereocenters. The lowest BCUT2D eigenvalue weighted by atomic mass is 9.94. The molecule has 5 rings (SSSR count). The molecule has 1 N–H and O–H groups in total. The molecule has 1 unspecified atom stereocenters. The molecule has 0 spiro atoms. The van der Waals surface area contributed by atoms with Gasteiger partial charge in [0.2, 0.25) is 11.9 Å². The molecule has 9 nitrogen and oxygen atoms in total. The van der Waals surface area contributed by atoms with Gasteiger partial charge in [0.25, 0.3) is 0 Å². The summed E-state index contributed by atoms with van der Waals surface area (Å²) in [7, 11) is -1.36. The summed E-state index contributed by atoms with van der Waals surface area (Å²) < 4.78 is 34.7. The number of carbonyl (C=O) groups is 1. The van der Waals surface area contributed by atoms with E-state index >= 15 is 0 Å². The lowest BCUT2D eigenvalue weighted by Crippen LogP contribution is -2.41. The van der Waals surface area contributed by atoms with Crippen molar-refractivity contribution >= 4 is 21.7 Å². The molecule has 0 bridgehead atoms. The van der Waals surface area contributed by atoms with Crippen molar-refractivity contribution in [2.24, 2.45) is 0 Å². The number of ether oxygens (including phenoxy) is 1. The molecule has 36 heavy (non-hydrogen) atoms. The van der Waals surface area contributed by atoms with Crippen LogP contribution in [-0.4, -0.2) is 56.0 Å². The molecule has 1 aromatic carbocycles. The SMILES string of the molecule is COc1ccc(C(NC(=O)C2(c3cnc(N4CCS(=O)(=O)CC4)nc3)CC2)c2ccc(C)o2)c(C)c1. The summed E-state index contributed by atoms with van der Waals surface area (Å²) in [6, 6.07) is 9.09. The summed E-state index contributed by atoms with van der Waals surface area (Å²) in [5.74, 6) is 2.77. The molecule has 3 heterocycles. The average Bonchev–Trinajstić information content (AvgIpc) is 3.57. The van der Waals surface area contributed by atoms with Crippen LogP contribution in [0.4, 0.5) is 5.95 Å². The van der Waals surface area contributed by atoms with Crippen LogP contribution in [0.3, 0.4) is 0 Å². The van der Waals surface area contributed by atoms with E-state index in [9.17, 15) is 13.2 Å². The van der Waals surface area contributed by atoms with Crippen molar-refractivity contribution < 1.29 is 22.4 Å². The zero-order valence-corrected chi connectivity index (χ0v) is 21.5. The fraction of sp³-hybridized carbons (Fsp3) is 0.423. The molecule has 1 amide bonds. The molecule has 2 aromatic heterocycles. The van der Waals surface area contributed by atoms with Gasteiger partial charge in [-0.05, 0) is 62.1 Å². The summed E-state index contributed by atoms with van der Waals surface area (Å²) in [4.78, 5) is 24.5. The molecule has 10 heteroatoms. The molecule has 1 saturated carbocycles. The number of nitrogens with one attached hydrogen (secondary N) is 1. The third kappa shape index (κ3) is 4.69. The van der Waals surface area contributed by atoms with Crippen LogP contribution >= 0.6 is 0 Å². The zero-order valence-electron chi connectivity index (χ0n) is 20.7. The zero-order chi connectivity index (χ0) is 25.5. The number of hydrogen-bond acceptors (Lipinski definition) is 8. The summed E-state index contributed by atoms with van der Waals surface area (Å²) >= 11 is 0. The van der Waals surface area contributed by atoms with Crippen molar-refractivity contribution in [3.63, 3.8) is 0 Å². The van der Waals surface area contributed by atoms with Gasteiger partial charge in [-0.15, -0.1) is 0 Å². The quantitative estimate of drug-likeness (QED) is 0.516. The van der Waals surface area contributed by atoms with Crippen LogP contribution in [-0.2, 0) is 20.0 Å². The van der Waals surface area contributed by atoms with Gasteiger partial charge in [0.1, 0.15) is 23.3 Å². The van der Waals surface area contributed by atoms with Gasteiger partial charge in [-0.25, -0.2) is 18.4 Å². The number of carbonyl (C=O) groups excluding carboxylic acids is 1. The van der Waals surface area contributed by atoms with E-state index in [-0.39, 0.29) is 17.4 Å². The standard InChI is InChI=1S/C26H30N4O5S/c1-17-14-20(34-3)5-6-21(17)23(22-7-4-18(2)35-22)29-24(31)26(8-9-26)19-15-27-25(28-16-19)30-10-12-36(32,33)13-11-30/h4-7,14-16,23H,8-13H2,1-3H3,(H,29,31). The first-order valence-corrected chi connectivity index (χ1v) is 13.8. The summed E-state index contributed by atoms with van der Waals surface area (Å²) in [6.45, 7) is 4.61. The molecule has 2 fully saturated rings. The van der Waals surface area contributed by atoms with Crippen molar-refractivity contribution in [1.29, 1.82) is 0 Å². The van der Waals surface area contributed by atoms with E-state index in [1.807, 2.05) is 49.1 Å². The lowest BCUT2D eigenvalue weighted by Gasteiger charge is -2.27. The fourth-order valence-corrected chi connectivity index (χ4v) is 5.90. The van der Waals surface area contributed by atoms with Crippen LogP contribution in [0.1, 0.15) is 47.1 Å². The molecule has 3 aromatic rings. The summed E-state index contributed by atoms with van der Waals surface area (Å²) in [5, 5.41) is 3.22. The number of anilines is 1. The van der Waals surface area contributed by atoms with Gasteiger partial charge >= 0.3 is 0 Å². The van der Waals surface area contributed by atoms with Crippen molar-refractivity contribution in [2.75, 3.05) is 36.6 Å². The highest BCUT2D eigenvalue weighted by atomic mass is 32.2. The third-order valence-corrected chi connectivity index (χ3v) is 8.72. The Morgan fingerprint density at radius 2 is 1.81 bits per heavy atom. The average molecular weight is 511 g/mol. The van der Waals surface area contributed by atoms with Crippen molar-refractivity contribution in [2.45, 2.75) is 38.1 Å². The van der Waals surface area contributed by atoms with E-state index in [0.717, 1.165) is 28.2 Å². The van der Waals surface area contributed by atoms with E-state index in [4.69, 9.17) is 9.15 Å². The fourth-order valence-electron chi connectivity index (χ4n) is 4.69. The number of hydrogen-bond donors (Lipinski definition) is 1. The predicted molar refractivity (Wildman–Crippen MR) is 135 cm³/mol. The van der Waals surface area contributed by atoms with Crippen LogP contribution in [0.2, 0.25) is 0 Å². The molecular weight excluding hydrogens is 480 g/mol. The first-order chi connectivity index (χ1) is 17.2. The normalized spacial score (nSPS) is 18.9. The molecule has 1 saturated heterocycles. The maximum absolute atomic E-state index is 13.7. The molecule has 0 radical (unpaired) electrons. The first-order valence-electron chi connectivity index (χ1n) is 12.0. The highest BCUT2D eigenvalue weighted by Gasteiger charge is 2.52. The van der Waals surface area contributed by atoms with Crippen molar-refractivity contribution in [3.05, 3.63) is 70.9 Å². The Kier molecular flexibility index (Phi) is 6.23. The number of sulfone groups is 1. The second kappa shape index (κ2) is 9.24. The van der Waals surface area contributed by atoms with E-state index in [0.29, 0.717) is 37.6 Å². The second-order valence-electron chi connectivity index (χ2n) is 9.57. The minimum absolute atomic E-state index is 0.0998. The predicted octanol–water partition coefficient (Wildman–Crippen LogP) is 2.87. The van der Waals surface area contributed by atoms with Gasteiger partial charge in [-0.2, -0.15) is 0 Å². The van der Waals surface area contributed by atoms with E-state index in [2.05, 4.69) is 15.3 Å². The number of methoxy groups -OCH3 is 1. The monoisotopic (exact) mass is 510 g/mol. The van der Waals surface area contributed by atoms with Crippen LogP contribution in [0.25, 0.3) is 0 Å². The van der Waals surface area contributed by atoms with Gasteiger partial charge in [0.05, 0.1) is 24.0 Å². The number of aromatic nitrogens is 2. The molecule has 1 aliphatic heterocycles. The highest BCUT2D eigenvalue weighted by Crippen LogP contribution is 2.49. The van der Waals surface area contributed by atoms with E-state index in [1.165, 1.54) is 0 Å². The summed E-state index contributed by atoms with van der Waals surface area (Å²) in [6.07, 6.45) is 4.80. The lowest BCUT2D eigenvalue weighted by molar-refractivity contribution is -0.124. The second-order valence-corrected chi connectivity index (χ2v) is 11.9. The Balaban J connectivity index is 1.38. The van der Waals surface area contributed by atoms with E-state index < -0.39 is 21.3 Å². The minimum Gasteiger partial charge on any atom is -0.497 e. The Morgan fingerprint density at radius 1 is 1.11 bits per heavy atom. The number of rotatable bonds is 7. The number of amides is 1. The number of furan rings is 1. The molecule has 2 aliphatic rings. The van der Waals surface area contributed by atoms with Gasteiger partial charge in [0.15, 0.2) is 9.84 Å². The molecular formula is C26H30N4O5S. The molecule has 1 aliphatic carbocycles. The van der Waals surface area contributed by atoms with Crippen LogP contribution in [0, 0.1) is 13.8 Å². The first kappa shape index (κ1) is 24.3. The topological polar surface area (TPSA) is 115 Å². The Hall–Kier alpha value is -3.40. The van der Waals surface area contributed by atoms with Gasteiger partial charge in [0, 0.05) is 31.0 Å². The number of benzene rings is 1. The maximum atomic E-state index is 13.7. The third-order valence-electron chi connectivity index (χ3n) is 7.11. The number of nitrogens with zero attached hydrogens (tertiary/aromatic N) is 3. The number of aryl methyl sites for hydroxylation is 2. The summed E-state index contributed by atoms with van der Waals surface area (Å²) in [5.41, 5.74) is 1.98. The molecule has 190 valence electrons. The van der Waals surface area contributed by atoms with Crippen molar-refractivity contribution in [3.8, 4) is 5.75 Å². The van der Waals surface area contributed by atoms with Gasteiger partial charge in [-0.1, -0.05) is 6.07 Å². The van der Waals surface area contributed by atoms with Gasteiger partial charge in [-0.3, -0.25) is 4.79 Å². The highest BCUT2D eigenvalue weighted by molar-refractivity contribution is 7.91. The van der Waals surface area contributed by atoms with Gasteiger partial charge < -0.3 is 19.4 Å². The Bertz CT molecular complexity index is 1370. The minimum atomic E-state index is -2.98. The Morgan fingerprint density at radius 3 is 2.36 bits per heavy atom. The van der Waals surface area contributed by atoms with Crippen LogP contribution < -0.4 is 15.0 Å². The largest absolute Gasteiger partial charge is 0.497 e. The van der Waals surface area contributed by atoms with Crippen LogP contribution in [0.15, 0.2) is 47.1 Å². The maximum Gasteiger partial charge on any atom is 0.231 e. The van der Waals surface area contributed by atoms with E-state index in [1.54, 1.807) is 19.5 Å².